The molecule has 0 amide bonds. The standard InChI is InChI=1S/C20H22ClFN4O3S/c1-11(2)9-30(28,29)25-16-6-5-13(22)19(18(16)21)24-14-7-8-15-17(12(14)3)20(27)26(4)10-23-15/h5-8,10-11,24-25H,9H2,1-4H3. The van der Waals surface area contributed by atoms with Crippen molar-refractivity contribution in [2.24, 2.45) is 13.0 Å². The van der Waals surface area contributed by atoms with Crippen molar-refractivity contribution in [1.82, 2.24) is 9.55 Å². The van der Waals surface area contributed by atoms with Gasteiger partial charge in [-0.2, -0.15) is 0 Å². The van der Waals surface area contributed by atoms with E-state index in [2.05, 4.69) is 15.0 Å². The minimum atomic E-state index is -3.64. The van der Waals surface area contributed by atoms with Gasteiger partial charge in [0.25, 0.3) is 5.56 Å². The van der Waals surface area contributed by atoms with Crippen molar-refractivity contribution in [3.63, 3.8) is 0 Å². The zero-order valence-corrected chi connectivity index (χ0v) is 18.5. The van der Waals surface area contributed by atoms with Crippen LogP contribution in [-0.2, 0) is 17.1 Å². The highest BCUT2D eigenvalue weighted by molar-refractivity contribution is 7.92. The molecule has 1 aromatic heterocycles. The molecule has 30 heavy (non-hydrogen) atoms. The van der Waals surface area contributed by atoms with Crippen LogP contribution in [0.15, 0.2) is 35.4 Å². The predicted octanol–water partition coefficient (Wildman–Crippen LogP) is 4.18. The molecular formula is C20H22ClFN4O3S. The van der Waals surface area contributed by atoms with Crippen molar-refractivity contribution in [1.29, 1.82) is 0 Å². The Hall–Kier alpha value is -2.65. The summed E-state index contributed by atoms with van der Waals surface area (Å²) in [5.41, 5.74) is 1.28. The van der Waals surface area contributed by atoms with Crippen LogP contribution in [0.3, 0.4) is 0 Å². The second kappa shape index (κ2) is 8.23. The number of nitrogens with zero attached hydrogens (tertiary/aromatic N) is 2. The molecule has 0 saturated heterocycles. The Labute approximate surface area is 178 Å². The van der Waals surface area contributed by atoms with E-state index in [1.54, 1.807) is 40.0 Å². The highest BCUT2D eigenvalue weighted by Crippen LogP contribution is 2.36. The SMILES string of the molecule is Cc1c(Nc2c(F)ccc(NS(=O)(=O)CC(C)C)c2Cl)ccc2ncn(C)c(=O)c12. The van der Waals surface area contributed by atoms with Crippen LogP contribution in [0.4, 0.5) is 21.5 Å². The quantitative estimate of drug-likeness (QED) is 0.585. The Morgan fingerprint density at radius 2 is 1.87 bits per heavy atom. The lowest BCUT2D eigenvalue weighted by atomic mass is 10.1. The van der Waals surface area contributed by atoms with Crippen molar-refractivity contribution < 1.29 is 12.8 Å². The van der Waals surface area contributed by atoms with E-state index in [4.69, 9.17) is 11.6 Å². The number of aromatic nitrogens is 2. The molecule has 0 radical (unpaired) electrons. The number of aryl methyl sites for hydroxylation is 2. The molecule has 3 rings (SSSR count). The van der Waals surface area contributed by atoms with Crippen molar-refractivity contribution in [2.75, 3.05) is 15.8 Å². The fourth-order valence-electron chi connectivity index (χ4n) is 3.12. The molecule has 0 bridgehead atoms. The summed E-state index contributed by atoms with van der Waals surface area (Å²) in [5.74, 6) is -0.843. The molecule has 2 aromatic carbocycles. The fourth-order valence-corrected chi connectivity index (χ4v) is 4.89. The first kappa shape index (κ1) is 22.0. The first-order chi connectivity index (χ1) is 14.0. The van der Waals surface area contributed by atoms with Crippen LogP contribution in [0.25, 0.3) is 10.9 Å². The maximum Gasteiger partial charge on any atom is 0.261 e. The molecule has 160 valence electrons. The van der Waals surface area contributed by atoms with Crippen LogP contribution in [-0.4, -0.2) is 23.7 Å². The fraction of sp³-hybridized carbons (Fsp3) is 0.300. The first-order valence-electron chi connectivity index (χ1n) is 9.20. The number of hydrogen-bond acceptors (Lipinski definition) is 5. The Kier molecular flexibility index (Phi) is 6.05. The third kappa shape index (κ3) is 4.41. The van der Waals surface area contributed by atoms with Gasteiger partial charge in [0.2, 0.25) is 10.0 Å². The molecule has 0 atom stereocenters. The van der Waals surface area contributed by atoms with Gasteiger partial charge in [-0.1, -0.05) is 25.4 Å². The van der Waals surface area contributed by atoms with Gasteiger partial charge in [-0.05, 0) is 42.7 Å². The lowest BCUT2D eigenvalue weighted by molar-refractivity contribution is 0.587. The second-order valence-electron chi connectivity index (χ2n) is 7.48. The number of rotatable bonds is 6. The number of benzene rings is 2. The monoisotopic (exact) mass is 452 g/mol. The van der Waals surface area contributed by atoms with Crippen LogP contribution >= 0.6 is 11.6 Å². The van der Waals surface area contributed by atoms with Gasteiger partial charge >= 0.3 is 0 Å². The number of nitrogens with one attached hydrogen (secondary N) is 2. The van der Waals surface area contributed by atoms with Gasteiger partial charge in [0.1, 0.15) is 5.82 Å². The highest BCUT2D eigenvalue weighted by Gasteiger charge is 2.19. The molecule has 3 aromatic rings. The van der Waals surface area contributed by atoms with Crippen LogP contribution < -0.4 is 15.6 Å². The zero-order valence-electron chi connectivity index (χ0n) is 17.0. The Morgan fingerprint density at radius 3 is 2.53 bits per heavy atom. The largest absolute Gasteiger partial charge is 0.352 e. The average Bonchev–Trinajstić information content (AvgIpc) is 2.64. The van der Waals surface area contributed by atoms with E-state index < -0.39 is 15.8 Å². The van der Waals surface area contributed by atoms with E-state index in [0.717, 1.165) is 6.07 Å². The van der Waals surface area contributed by atoms with Crippen LogP contribution in [0.5, 0.6) is 0 Å². The van der Waals surface area contributed by atoms with Crippen molar-refractivity contribution in [3.05, 3.63) is 57.3 Å². The van der Waals surface area contributed by atoms with E-state index >= 15 is 0 Å². The van der Waals surface area contributed by atoms with E-state index in [9.17, 15) is 17.6 Å². The third-order valence-electron chi connectivity index (χ3n) is 4.52. The average molecular weight is 453 g/mol. The summed E-state index contributed by atoms with van der Waals surface area (Å²) in [6.07, 6.45) is 1.43. The summed E-state index contributed by atoms with van der Waals surface area (Å²) in [4.78, 5) is 16.7. The number of hydrogen-bond donors (Lipinski definition) is 2. The smallest absolute Gasteiger partial charge is 0.261 e. The lowest BCUT2D eigenvalue weighted by Gasteiger charge is -2.17. The van der Waals surface area contributed by atoms with Gasteiger partial charge in [-0.15, -0.1) is 0 Å². The molecule has 10 heteroatoms. The summed E-state index contributed by atoms with van der Waals surface area (Å²) in [6, 6.07) is 5.70. The van der Waals surface area contributed by atoms with Crippen molar-refractivity contribution in [3.8, 4) is 0 Å². The van der Waals surface area contributed by atoms with E-state index in [-0.39, 0.29) is 33.6 Å². The molecule has 0 aliphatic heterocycles. The molecule has 1 heterocycles. The van der Waals surface area contributed by atoms with Crippen molar-refractivity contribution in [2.45, 2.75) is 20.8 Å². The van der Waals surface area contributed by atoms with Gasteiger partial charge in [-0.25, -0.2) is 17.8 Å². The minimum absolute atomic E-state index is 0.0669. The third-order valence-corrected chi connectivity index (χ3v) is 6.55. The predicted molar refractivity (Wildman–Crippen MR) is 119 cm³/mol. The highest BCUT2D eigenvalue weighted by atomic mass is 35.5. The molecule has 0 aliphatic rings. The lowest BCUT2D eigenvalue weighted by Crippen LogP contribution is -2.20. The molecule has 7 nitrogen and oxygen atoms in total. The number of halogens is 2. The summed E-state index contributed by atoms with van der Waals surface area (Å²) in [6.45, 7) is 5.27. The molecular weight excluding hydrogens is 431 g/mol. The van der Waals surface area contributed by atoms with Gasteiger partial charge in [0, 0.05) is 12.7 Å². The Bertz CT molecular complexity index is 1290. The van der Waals surface area contributed by atoms with Gasteiger partial charge in [0.05, 0.1) is 39.4 Å². The Balaban J connectivity index is 2.05. The maximum absolute atomic E-state index is 14.5. The summed E-state index contributed by atoms with van der Waals surface area (Å²) < 4.78 is 42.8. The normalized spacial score (nSPS) is 11.8. The van der Waals surface area contributed by atoms with Gasteiger partial charge < -0.3 is 9.88 Å². The summed E-state index contributed by atoms with van der Waals surface area (Å²) in [5, 5.41) is 3.19. The first-order valence-corrected chi connectivity index (χ1v) is 11.2. The molecule has 0 saturated carbocycles. The van der Waals surface area contributed by atoms with E-state index in [1.807, 2.05) is 0 Å². The molecule has 0 unspecified atom stereocenters. The number of anilines is 3. The van der Waals surface area contributed by atoms with Crippen LogP contribution in [0.1, 0.15) is 19.4 Å². The zero-order chi connectivity index (χ0) is 22.2. The number of fused-ring (bicyclic) bond motifs is 1. The molecule has 0 aliphatic carbocycles. The van der Waals surface area contributed by atoms with Crippen LogP contribution in [0.2, 0.25) is 5.02 Å². The molecule has 0 fully saturated rings. The topological polar surface area (TPSA) is 93.1 Å². The summed E-state index contributed by atoms with van der Waals surface area (Å²) in [7, 11) is -2.05. The van der Waals surface area contributed by atoms with E-state index in [0.29, 0.717) is 22.2 Å². The van der Waals surface area contributed by atoms with Gasteiger partial charge in [-0.3, -0.25) is 9.52 Å². The second-order valence-corrected chi connectivity index (χ2v) is 9.62. The van der Waals surface area contributed by atoms with Crippen LogP contribution in [0, 0.1) is 18.7 Å². The minimum Gasteiger partial charge on any atom is -0.352 e. The van der Waals surface area contributed by atoms with E-state index in [1.165, 1.54) is 17.0 Å². The Morgan fingerprint density at radius 1 is 1.20 bits per heavy atom. The molecule has 0 spiro atoms. The summed E-state index contributed by atoms with van der Waals surface area (Å²) >= 11 is 6.33. The number of sulfonamides is 1. The van der Waals surface area contributed by atoms with Crippen molar-refractivity contribution >= 4 is 49.6 Å². The maximum atomic E-state index is 14.5. The van der Waals surface area contributed by atoms with Gasteiger partial charge in [0.15, 0.2) is 0 Å². The molecule has 2 N–H and O–H groups in total.